The highest BCUT2D eigenvalue weighted by molar-refractivity contribution is 6.31. The maximum Gasteiger partial charge on any atom is 0.0737 e. The lowest BCUT2D eigenvalue weighted by Crippen LogP contribution is -2.24. The van der Waals surface area contributed by atoms with Crippen molar-refractivity contribution in [1.29, 1.82) is 0 Å². The molecule has 1 aromatic heterocycles. The van der Waals surface area contributed by atoms with Crippen LogP contribution in [0, 0.1) is 0 Å². The average molecular weight is 320 g/mol. The van der Waals surface area contributed by atoms with Crippen LogP contribution in [0.5, 0.6) is 0 Å². The molecule has 0 saturated heterocycles. The number of unbranched alkanes of at least 4 members (excludes halogenated alkanes) is 1. The first-order valence-electron chi connectivity index (χ1n) is 8.10. The summed E-state index contributed by atoms with van der Waals surface area (Å²) in [7, 11) is 0. The first-order chi connectivity index (χ1) is 10.6. The summed E-state index contributed by atoms with van der Waals surface area (Å²) < 4.78 is 0. The molecule has 0 radical (unpaired) electrons. The van der Waals surface area contributed by atoms with E-state index in [0.717, 1.165) is 34.6 Å². The fourth-order valence-corrected chi connectivity index (χ4v) is 2.72. The van der Waals surface area contributed by atoms with Gasteiger partial charge in [0.15, 0.2) is 0 Å². The Labute approximate surface area is 138 Å². The second-order valence-corrected chi connectivity index (χ2v) is 6.61. The lowest BCUT2D eigenvalue weighted by atomic mass is 10.1. The maximum atomic E-state index is 6.03. The largest absolute Gasteiger partial charge is 0.382 e. The zero-order chi connectivity index (χ0) is 15.9. The molecule has 1 heterocycles. The molecule has 2 aromatic rings. The van der Waals surface area contributed by atoms with Crippen LogP contribution in [0.1, 0.15) is 40.0 Å². The van der Waals surface area contributed by atoms with E-state index < -0.39 is 0 Å². The molecule has 22 heavy (non-hydrogen) atoms. The number of halogens is 1. The van der Waals surface area contributed by atoms with Gasteiger partial charge in [-0.2, -0.15) is 0 Å². The van der Waals surface area contributed by atoms with Crippen molar-refractivity contribution in [2.45, 2.75) is 52.1 Å². The molecule has 4 heteroatoms. The Bertz CT molecular complexity index is 598. The summed E-state index contributed by atoms with van der Waals surface area (Å²) in [5.41, 5.74) is 2.07. The fraction of sp³-hybridized carbons (Fsp3) is 0.500. The number of aromatic nitrogens is 1. The molecule has 2 N–H and O–H groups in total. The van der Waals surface area contributed by atoms with Crippen LogP contribution in [0.2, 0.25) is 5.02 Å². The molecular weight excluding hydrogens is 294 g/mol. The number of nitrogens with one attached hydrogen (secondary N) is 2. The van der Waals surface area contributed by atoms with Gasteiger partial charge in [-0.15, -0.1) is 0 Å². The molecule has 0 fully saturated rings. The molecule has 3 nitrogen and oxygen atoms in total. The third-order valence-electron chi connectivity index (χ3n) is 3.72. The van der Waals surface area contributed by atoms with E-state index in [1.54, 1.807) is 0 Å². The second kappa shape index (κ2) is 8.35. The van der Waals surface area contributed by atoms with Crippen molar-refractivity contribution in [2.24, 2.45) is 0 Å². The van der Waals surface area contributed by atoms with Gasteiger partial charge < -0.3 is 10.6 Å². The normalized spacial score (nSPS) is 12.8. The van der Waals surface area contributed by atoms with Gasteiger partial charge in [-0.25, -0.2) is 0 Å². The summed E-state index contributed by atoms with van der Waals surface area (Å²) in [5.74, 6) is 0. The number of pyridine rings is 1. The van der Waals surface area contributed by atoms with Crippen LogP contribution in [0.15, 0.2) is 30.5 Å². The van der Waals surface area contributed by atoms with Crippen LogP contribution in [0.3, 0.4) is 0 Å². The van der Waals surface area contributed by atoms with Crippen molar-refractivity contribution >= 4 is 28.2 Å². The third kappa shape index (κ3) is 5.15. The van der Waals surface area contributed by atoms with Crippen LogP contribution in [0.25, 0.3) is 10.9 Å². The van der Waals surface area contributed by atoms with Crippen LogP contribution in [-0.4, -0.2) is 23.6 Å². The van der Waals surface area contributed by atoms with Gasteiger partial charge in [-0.1, -0.05) is 31.9 Å². The van der Waals surface area contributed by atoms with E-state index in [-0.39, 0.29) is 0 Å². The minimum absolute atomic E-state index is 0.445. The summed E-state index contributed by atoms with van der Waals surface area (Å²) in [6.07, 6.45) is 5.44. The Morgan fingerprint density at radius 2 is 1.95 bits per heavy atom. The monoisotopic (exact) mass is 319 g/mol. The predicted octanol–water partition coefficient (Wildman–Crippen LogP) is 4.86. The van der Waals surface area contributed by atoms with Gasteiger partial charge >= 0.3 is 0 Å². The lowest BCUT2D eigenvalue weighted by Gasteiger charge is -2.17. The van der Waals surface area contributed by atoms with E-state index in [1.807, 2.05) is 30.5 Å². The molecule has 0 unspecified atom stereocenters. The highest BCUT2D eigenvalue weighted by Gasteiger charge is 2.06. The van der Waals surface area contributed by atoms with Crippen LogP contribution < -0.4 is 10.6 Å². The van der Waals surface area contributed by atoms with Gasteiger partial charge in [0, 0.05) is 34.4 Å². The van der Waals surface area contributed by atoms with E-state index in [4.69, 9.17) is 11.6 Å². The molecule has 0 aliphatic rings. The summed E-state index contributed by atoms with van der Waals surface area (Å²) in [4.78, 5) is 4.38. The van der Waals surface area contributed by atoms with Crippen LogP contribution in [0.4, 0.5) is 5.69 Å². The van der Waals surface area contributed by atoms with Gasteiger partial charge in [-0.05, 0) is 50.6 Å². The SMILES string of the molecule is CC(C)NCCCC[C@@H](C)Nc1ccnc2cc(Cl)ccc12. The molecule has 0 aliphatic carbocycles. The average Bonchev–Trinajstić information content (AvgIpc) is 2.46. The number of hydrogen-bond acceptors (Lipinski definition) is 3. The maximum absolute atomic E-state index is 6.03. The summed E-state index contributed by atoms with van der Waals surface area (Å²) in [6, 6.07) is 8.91. The van der Waals surface area contributed by atoms with Crippen molar-refractivity contribution in [3.8, 4) is 0 Å². The van der Waals surface area contributed by atoms with Crippen LogP contribution >= 0.6 is 11.6 Å². The van der Waals surface area contributed by atoms with E-state index in [2.05, 4.69) is 36.4 Å². The molecule has 2 rings (SSSR count). The first kappa shape index (κ1) is 17.0. The third-order valence-corrected chi connectivity index (χ3v) is 3.96. The zero-order valence-electron chi connectivity index (χ0n) is 13.7. The molecule has 120 valence electrons. The summed E-state index contributed by atoms with van der Waals surface area (Å²) in [6.45, 7) is 7.70. The quantitative estimate of drug-likeness (QED) is 0.682. The van der Waals surface area contributed by atoms with Crippen molar-refractivity contribution in [3.05, 3.63) is 35.5 Å². The van der Waals surface area contributed by atoms with Gasteiger partial charge in [0.25, 0.3) is 0 Å². The zero-order valence-corrected chi connectivity index (χ0v) is 14.5. The Kier molecular flexibility index (Phi) is 6.47. The molecule has 0 spiro atoms. The number of anilines is 1. The van der Waals surface area contributed by atoms with Gasteiger partial charge in [0.05, 0.1) is 5.52 Å². The Balaban J connectivity index is 1.88. The summed E-state index contributed by atoms with van der Waals surface area (Å²) in [5, 5.41) is 8.91. The summed E-state index contributed by atoms with van der Waals surface area (Å²) >= 11 is 6.03. The number of nitrogens with zero attached hydrogens (tertiary/aromatic N) is 1. The molecule has 0 bridgehead atoms. The van der Waals surface area contributed by atoms with Crippen molar-refractivity contribution in [1.82, 2.24) is 10.3 Å². The molecule has 0 aliphatic heterocycles. The van der Waals surface area contributed by atoms with Crippen molar-refractivity contribution in [2.75, 3.05) is 11.9 Å². The number of fused-ring (bicyclic) bond motifs is 1. The van der Waals surface area contributed by atoms with E-state index in [1.165, 1.54) is 12.8 Å². The second-order valence-electron chi connectivity index (χ2n) is 6.17. The van der Waals surface area contributed by atoms with Gasteiger partial charge in [0.1, 0.15) is 0 Å². The predicted molar refractivity (Wildman–Crippen MR) is 96.8 cm³/mol. The topological polar surface area (TPSA) is 37.0 Å². The standard InChI is InChI=1S/C18H26ClN3/c1-13(2)20-10-5-4-6-14(3)22-17-9-11-21-18-12-15(19)7-8-16(17)18/h7-9,11-14,20H,4-6,10H2,1-3H3,(H,21,22)/t14-/m1/s1. The first-order valence-corrected chi connectivity index (χ1v) is 8.48. The molecule has 1 aromatic carbocycles. The van der Waals surface area contributed by atoms with Gasteiger partial charge in [0.2, 0.25) is 0 Å². The van der Waals surface area contributed by atoms with Crippen LogP contribution in [-0.2, 0) is 0 Å². The molecule has 0 saturated carbocycles. The minimum Gasteiger partial charge on any atom is -0.382 e. The smallest absolute Gasteiger partial charge is 0.0737 e. The van der Waals surface area contributed by atoms with Crippen molar-refractivity contribution < 1.29 is 0 Å². The fourth-order valence-electron chi connectivity index (χ4n) is 2.55. The Morgan fingerprint density at radius 1 is 1.14 bits per heavy atom. The van der Waals surface area contributed by atoms with Crippen molar-refractivity contribution in [3.63, 3.8) is 0 Å². The van der Waals surface area contributed by atoms with E-state index in [0.29, 0.717) is 12.1 Å². The molecular formula is C18H26ClN3. The number of hydrogen-bond donors (Lipinski definition) is 2. The highest BCUT2D eigenvalue weighted by Crippen LogP contribution is 2.25. The highest BCUT2D eigenvalue weighted by atomic mass is 35.5. The Hall–Kier alpha value is -1.32. The van der Waals surface area contributed by atoms with E-state index in [9.17, 15) is 0 Å². The Morgan fingerprint density at radius 3 is 2.73 bits per heavy atom. The number of benzene rings is 1. The lowest BCUT2D eigenvalue weighted by molar-refractivity contribution is 0.537. The number of rotatable bonds is 8. The minimum atomic E-state index is 0.445. The molecule has 1 atom stereocenters. The molecule has 0 amide bonds. The van der Waals surface area contributed by atoms with E-state index >= 15 is 0 Å². The van der Waals surface area contributed by atoms with Gasteiger partial charge in [-0.3, -0.25) is 4.98 Å².